The Labute approximate surface area is 141 Å². The number of ether oxygens (including phenoxy) is 1. The van der Waals surface area contributed by atoms with Crippen LogP contribution in [-0.4, -0.2) is 73.6 Å². The molecule has 0 aromatic heterocycles. The van der Waals surface area contributed by atoms with Gasteiger partial charge in [-0.2, -0.15) is 0 Å². The minimum Gasteiger partial charge on any atom is -0.491 e. The lowest BCUT2D eigenvalue weighted by molar-refractivity contribution is 0.160. The van der Waals surface area contributed by atoms with Gasteiger partial charge in [0.25, 0.3) is 0 Å². The fourth-order valence-corrected chi connectivity index (χ4v) is 3.40. The van der Waals surface area contributed by atoms with E-state index in [9.17, 15) is 13.9 Å². The maximum Gasteiger partial charge on any atom is 0.190 e. The Morgan fingerprint density at radius 2 is 1.83 bits per heavy atom. The van der Waals surface area contributed by atoms with Crippen molar-refractivity contribution in [3.05, 3.63) is 29.3 Å². The first kappa shape index (κ1) is 19.1. The highest BCUT2D eigenvalue weighted by molar-refractivity contribution is 5.31. The number of likely N-dealkylation sites (tertiary alicyclic amines) is 1. The molecular weight excluding hydrogens is 318 g/mol. The number of hydrogen-bond acceptors (Lipinski definition) is 5. The van der Waals surface area contributed by atoms with Gasteiger partial charge >= 0.3 is 0 Å². The van der Waals surface area contributed by atoms with Crippen molar-refractivity contribution in [2.45, 2.75) is 6.54 Å². The smallest absolute Gasteiger partial charge is 0.190 e. The molecule has 0 radical (unpaired) electrons. The molecule has 5 nitrogen and oxygen atoms in total. The summed E-state index contributed by atoms with van der Waals surface area (Å²) >= 11 is 0. The molecular formula is C17H26F2N2O3. The molecule has 0 unspecified atom stereocenters. The molecule has 2 atom stereocenters. The number of halogens is 2. The molecule has 0 bridgehead atoms. The number of aliphatic hydroxyl groups is 2. The summed E-state index contributed by atoms with van der Waals surface area (Å²) in [6.07, 6.45) is 0. The van der Waals surface area contributed by atoms with Crippen LogP contribution in [0.5, 0.6) is 5.75 Å². The van der Waals surface area contributed by atoms with Crippen LogP contribution >= 0.6 is 0 Å². The molecule has 2 N–H and O–H groups in total. The molecule has 7 heteroatoms. The molecule has 1 fully saturated rings. The first-order valence-electron chi connectivity index (χ1n) is 8.13. The van der Waals surface area contributed by atoms with Gasteiger partial charge in [-0.25, -0.2) is 8.78 Å². The van der Waals surface area contributed by atoms with E-state index in [0.717, 1.165) is 13.1 Å². The normalized spacial score (nSPS) is 21.6. The van der Waals surface area contributed by atoms with Gasteiger partial charge in [-0.1, -0.05) is 0 Å². The van der Waals surface area contributed by atoms with Gasteiger partial charge < -0.3 is 19.8 Å². The molecule has 0 spiro atoms. The van der Waals surface area contributed by atoms with Crippen LogP contribution in [0.3, 0.4) is 0 Å². The first-order chi connectivity index (χ1) is 11.5. The van der Waals surface area contributed by atoms with Gasteiger partial charge in [-0.3, -0.25) is 4.90 Å². The van der Waals surface area contributed by atoms with Crippen molar-refractivity contribution in [2.24, 2.45) is 11.8 Å². The third-order valence-corrected chi connectivity index (χ3v) is 4.58. The van der Waals surface area contributed by atoms with Crippen LogP contribution in [0.25, 0.3) is 0 Å². The third kappa shape index (κ3) is 4.63. The number of likely N-dealkylation sites (N-methyl/N-ethyl adjacent to an activating group) is 1. The molecule has 1 aromatic carbocycles. The van der Waals surface area contributed by atoms with Crippen molar-refractivity contribution in [1.82, 2.24) is 9.80 Å². The highest BCUT2D eigenvalue weighted by Gasteiger charge is 2.33. The summed E-state index contributed by atoms with van der Waals surface area (Å²) in [5, 5.41) is 18.6. The van der Waals surface area contributed by atoms with Crippen LogP contribution in [0, 0.1) is 23.5 Å². The summed E-state index contributed by atoms with van der Waals surface area (Å²) in [7, 11) is 3.17. The van der Waals surface area contributed by atoms with E-state index in [0.29, 0.717) is 25.2 Å². The zero-order valence-electron chi connectivity index (χ0n) is 14.2. The summed E-state index contributed by atoms with van der Waals surface area (Å²) in [6, 6.07) is 2.59. The molecule has 24 heavy (non-hydrogen) atoms. The first-order valence-corrected chi connectivity index (χ1v) is 8.13. The second-order valence-electron chi connectivity index (χ2n) is 6.48. The molecule has 1 saturated heterocycles. The Bertz CT molecular complexity index is 522. The van der Waals surface area contributed by atoms with E-state index in [4.69, 9.17) is 9.84 Å². The molecule has 0 saturated carbocycles. The average Bonchev–Trinajstić information content (AvgIpc) is 2.88. The lowest BCUT2D eigenvalue weighted by Gasteiger charge is -2.23. The zero-order chi connectivity index (χ0) is 17.7. The maximum atomic E-state index is 13.8. The van der Waals surface area contributed by atoms with Crippen molar-refractivity contribution in [3.8, 4) is 5.75 Å². The van der Waals surface area contributed by atoms with E-state index >= 15 is 0 Å². The average molecular weight is 344 g/mol. The molecule has 1 aliphatic heterocycles. The van der Waals surface area contributed by atoms with E-state index in [1.165, 1.54) is 19.2 Å². The van der Waals surface area contributed by atoms with E-state index in [1.807, 2.05) is 11.9 Å². The Balaban J connectivity index is 2.01. The standard InChI is InChI=1S/C17H26F2N2O3/c1-20(3-4-22)8-13-9-21(10-14(13)11-23)7-12-5-15(18)17(24-2)16(19)6-12/h5-6,13-14,22-23H,3-4,7-11H2,1-2H3/t13-,14-/m1/s1. The van der Waals surface area contributed by atoms with E-state index < -0.39 is 11.6 Å². The van der Waals surface area contributed by atoms with Crippen molar-refractivity contribution < 1.29 is 23.7 Å². The SMILES string of the molecule is COc1c(F)cc(CN2C[C@@H](CN(C)CCO)[C@@H](CO)C2)cc1F. The Kier molecular flexibility index (Phi) is 6.91. The number of aliphatic hydroxyl groups excluding tert-OH is 2. The summed E-state index contributed by atoms with van der Waals surface area (Å²) in [5.74, 6) is -1.38. The fraction of sp³-hybridized carbons (Fsp3) is 0.647. The minimum atomic E-state index is -0.704. The van der Waals surface area contributed by atoms with Crippen molar-refractivity contribution in [1.29, 1.82) is 0 Å². The number of nitrogens with zero attached hydrogens (tertiary/aromatic N) is 2. The van der Waals surface area contributed by atoms with Crippen LogP contribution in [-0.2, 0) is 6.54 Å². The number of benzene rings is 1. The largest absolute Gasteiger partial charge is 0.491 e. The monoisotopic (exact) mass is 344 g/mol. The third-order valence-electron chi connectivity index (χ3n) is 4.58. The minimum absolute atomic E-state index is 0.0828. The van der Waals surface area contributed by atoms with Crippen LogP contribution in [0.1, 0.15) is 5.56 Å². The fourth-order valence-electron chi connectivity index (χ4n) is 3.40. The Morgan fingerprint density at radius 1 is 1.21 bits per heavy atom. The summed E-state index contributed by atoms with van der Waals surface area (Å²) < 4.78 is 32.3. The van der Waals surface area contributed by atoms with Gasteiger partial charge in [-0.05, 0) is 36.6 Å². The highest BCUT2D eigenvalue weighted by atomic mass is 19.1. The molecule has 136 valence electrons. The van der Waals surface area contributed by atoms with Gasteiger partial charge in [-0.15, -0.1) is 0 Å². The molecule has 1 heterocycles. The quantitative estimate of drug-likeness (QED) is 0.735. The van der Waals surface area contributed by atoms with E-state index in [-0.39, 0.29) is 30.8 Å². The van der Waals surface area contributed by atoms with E-state index in [2.05, 4.69) is 4.90 Å². The second kappa shape index (κ2) is 8.71. The second-order valence-corrected chi connectivity index (χ2v) is 6.48. The maximum absolute atomic E-state index is 13.8. The molecule has 1 aliphatic rings. The van der Waals surface area contributed by atoms with Crippen LogP contribution < -0.4 is 4.74 Å². The van der Waals surface area contributed by atoms with Crippen LogP contribution in [0.15, 0.2) is 12.1 Å². The van der Waals surface area contributed by atoms with Gasteiger partial charge in [0.2, 0.25) is 0 Å². The molecule has 2 rings (SSSR count). The number of rotatable bonds is 8. The van der Waals surface area contributed by atoms with Crippen molar-refractivity contribution >= 4 is 0 Å². The topological polar surface area (TPSA) is 56.2 Å². The van der Waals surface area contributed by atoms with E-state index in [1.54, 1.807) is 0 Å². The van der Waals surface area contributed by atoms with Gasteiger partial charge in [0, 0.05) is 39.3 Å². The Morgan fingerprint density at radius 3 is 2.38 bits per heavy atom. The predicted octanol–water partition coefficient (Wildman–Crippen LogP) is 0.938. The van der Waals surface area contributed by atoms with Gasteiger partial charge in [0.1, 0.15) is 0 Å². The highest BCUT2D eigenvalue weighted by Crippen LogP contribution is 2.28. The molecule has 0 amide bonds. The number of hydrogen-bond donors (Lipinski definition) is 2. The molecule has 1 aromatic rings. The summed E-state index contributed by atoms with van der Waals surface area (Å²) in [4.78, 5) is 4.13. The van der Waals surface area contributed by atoms with Crippen molar-refractivity contribution in [2.75, 3.05) is 53.6 Å². The van der Waals surface area contributed by atoms with Gasteiger partial charge in [0.05, 0.1) is 13.7 Å². The summed E-state index contributed by atoms with van der Waals surface area (Å²) in [6.45, 7) is 3.39. The lowest BCUT2D eigenvalue weighted by atomic mass is 9.96. The lowest BCUT2D eigenvalue weighted by Crippen LogP contribution is -2.32. The molecule has 0 aliphatic carbocycles. The summed E-state index contributed by atoms with van der Waals surface area (Å²) in [5.41, 5.74) is 0.548. The van der Waals surface area contributed by atoms with Crippen molar-refractivity contribution in [3.63, 3.8) is 0 Å². The predicted molar refractivity (Wildman–Crippen MR) is 86.8 cm³/mol. The zero-order valence-corrected chi connectivity index (χ0v) is 14.2. The number of methoxy groups -OCH3 is 1. The van der Waals surface area contributed by atoms with Crippen LogP contribution in [0.2, 0.25) is 0 Å². The van der Waals surface area contributed by atoms with Crippen LogP contribution in [0.4, 0.5) is 8.78 Å². The Hall–Kier alpha value is -1.28. The van der Waals surface area contributed by atoms with Gasteiger partial charge in [0.15, 0.2) is 17.4 Å².